The van der Waals surface area contributed by atoms with Gasteiger partial charge in [-0.2, -0.15) is 4.72 Å². The van der Waals surface area contributed by atoms with Gasteiger partial charge in [0.1, 0.15) is 0 Å². The summed E-state index contributed by atoms with van der Waals surface area (Å²) < 4.78 is 25.3. The van der Waals surface area contributed by atoms with E-state index in [2.05, 4.69) is 15.0 Å². The molecule has 0 radical (unpaired) electrons. The molecule has 1 amide bonds. The lowest BCUT2D eigenvalue weighted by atomic mass is 10.0. The van der Waals surface area contributed by atoms with Crippen molar-refractivity contribution in [1.29, 1.82) is 0 Å². The Hall–Kier alpha value is -2.22. The second-order valence-corrected chi connectivity index (χ2v) is 7.53. The van der Waals surface area contributed by atoms with Gasteiger partial charge >= 0.3 is 0 Å². The van der Waals surface area contributed by atoms with E-state index in [-0.39, 0.29) is 0 Å². The van der Waals surface area contributed by atoms with E-state index in [1.54, 1.807) is 18.2 Å². The summed E-state index contributed by atoms with van der Waals surface area (Å²) in [5, 5.41) is 3.17. The van der Waals surface area contributed by atoms with Crippen molar-refractivity contribution in [2.75, 3.05) is 11.6 Å². The monoisotopic (exact) mass is 363 g/mol. The number of hydrogen-bond acceptors (Lipinski definition) is 4. The van der Waals surface area contributed by atoms with Crippen LogP contribution in [0.4, 0.5) is 5.69 Å². The second-order valence-electron chi connectivity index (χ2n) is 5.32. The van der Waals surface area contributed by atoms with Crippen LogP contribution in [-0.2, 0) is 14.8 Å². The summed E-state index contributed by atoms with van der Waals surface area (Å²) in [5.41, 5.74) is 2.37. The smallest absolute Gasteiger partial charge is 0.264 e. The van der Waals surface area contributed by atoms with E-state index in [1.807, 2.05) is 30.3 Å². The molecule has 124 valence electrons. The minimum absolute atomic E-state index is 0.479. The van der Waals surface area contributed by atoms with Crippen molar-refractivity contribution in [3.05, 3.63) is 64.7 Å². The van der Waals surface area contributed by atoms with Gasteiger partial charge in [-0.1, -0.05) is 41.9 Å². The van der Waals surface area contributed by atoms with Crippen LogP contribution in [-0.4, -0.2) is 32.5 Å². The number of hydrogen-bond donors (Lipinski definition) is 2. The molecule has 0 saturated heterocycles. The Morgan fingerprint density at radius 1 is 1.17 bits per heavy atom. The summed E-state index contributed by atoms with van der Waals surface area (Å²) in [4.78, 5) is 16.7. The molecule has 8 heteroatoms. The van der Waals surface area contributed by atoms with Crippen LogP contribution in [0.5, 0.6) is 0 Å². The molecule has 0 spiro atoms. The fourth-order valence-corrected chi connectivity index (χ4v) is 3.13. The van der Waals surface area contributed by atoms with Crippen LogP contribution in [0, 0.1) is 0 Å². The SMILES string of the molecule is CS(=O)(=O)NC1N=C(c2ccccc2)c2cc(Cl)ccc2NC1=O. The molecular formula is C16H14ClN3O3S. The molecule has 0 bridgehead atoms. The average molecular weight is 364 g/mol. The minimum Gasteiger partial charge on any atom is -0.322 e. The summed E-state index contributed by atoms with van der Waals surface area (Å²) >= 11 is 6.08. The number of benzene rings is 2. The molecule has 0 aliphatic carbocycles. The first-order chi connectivity index (χ1) is 11.3. The zero-order chi connectivity index (χ0) is 17.3. The molecule has 0 fully saturated rings. The molecule has 24 heavy (non-hydrogen) atoms. The number of benzodiazepines with no additional fused rings is 1. The number of amides is 1. The molecule has 1 unspecified atom stereocenters. The van der Waals surface area contributed by atoms with Gasteiger partial charge in [-0.15, -0.1) is 0 Å². The zero-order valence-electron chi connectivity index (χ0n) is 12.7. The number of halogens is 1. The summed E-state index contributed by atoms with van der Waals surface area (Å²) in [7, 11) is -3.62. The Kier molecular flexibility index (Phi) is 4.40. The fraction of sp³-hybridized carbons (Fsp3) is 0.125. The Labute approximate surface area is 144 Å². The molecule has 2 aromatic carbocycles. The van der Waals surface area contributed by atoms with Crippen molar-refractivity contribution >= 4 is 38.9 Å². The van der Waals surface area contributed by atoms with Gasteiger partial charge in [-0.25, -0.2) is 8.42 Å². The molecule has 6 nitrogen and oxygen atoms in total. The van der Waals surface area contributed by atoms with E-state index in [9.17, 15) is 13.2 Å². The normalized spacial score (nSPS) is 17.5. The highest BCUT2D eigenvalue weighted by Gasteiger charge is 2.27. The molecule has 2 aromatic rings. The summed E-state index contributed by atoms with van der Waals surface area (Å²) in [6, 6.07) is 14.2. The zero-order valence-corrected chi connectivity index (χ0v) is 14.2. The van der Waals surface area contributed by atoms with E-state index in [4.69, 9.17) is 11.6 Å². The molecule has 1 atom stereocenters. The van der Waals surface area contributed by atoms with Gasteiger partial charge < -0.3 is 5.32 Å². The van der Waals surface area contributed by atoms with Gasteiger partial charge in [0.25, 0.3) is 5.91 Å². The third-order valence-electron chi connectivity index (χ3n) is 3.37. The van der Waals surface area contributed by atoms with Crippen LogP contribution in [0.2, 0.25) is 5.02 Å². The Morgan fingerprint density at radius 2 is 1.88 bits per heavy atom. The van der Waals surface area contributed by atoms with E-state index >= 15 is 0 Å². The highest BCUT2D eigenvalue weighted by Crippen LogP contribution is 2.27. The highest BCUT2D eigenvalue weighted by atomic mass is 35.5. The van der Waals surface area contributed by atoms with Crippen molar-refractivity contribution in [3.8, 4) is 0 Å². The fourth-order valence-electron chi connectivity index (χ4n) is 2.39. The third-order valence-corrected chi connectivity index (χ3v) is 4.26. The van der Waals surface area contributed by atoms with Gasteiger partial charge in [-0.3, -0.25) is 9.79 Å². The van der Waals surface area contributed by atoms with Gasteiger partial charge in [0.15, 0.2) is 6.17 Å². The number of fused-ring (bicyclic) bond motifs is 1. The molecular weight excluding hydrogens is 350 g/mol. The minimum atomic E-state index is -3.62. The predicted octanol–water partition coefficient (Wildman–Crippen LogP) is 2.00. The van der Waals surface area contributed by atoms with Crippen molar-refractivity contribution in [3.63, 3.8) is 0 Å². The molecule has 1 aliphatic rings. The lowest BCUT2D eigenvalue weighted by Gasteiger charge is -2.11. The van der Waals surface area contributed by atoms with Crippen molar-refractivity contribution in [2.45, 2.75) is 6.17 Å². The number of carbonyl (C=O) groups excluding carboxylic acids is 1. The summed E-state index contributed by atoms with van der Waals surface area (Å²) in [6.45, 7) is 0. The van der Waals surface area contributed by atoms with Gasteiger partial charge in [0, 0.05) is 16.1 Å². The number of aliphatic imine (C=N–C) groups is 1. The predicted molar refractivity (Wildman–Crippen MR) is 93.9 cm³/mol. The van der Waals surface area contributed by atoms with E-state index < -0.39 is 22.1 Å². The molecule has 0 aromatic heterocycles. The Balaban J connectivity index is 2.20. The Morgan fingerprint density at radius 3 is 2.54 bits per heavy atom. The molecule has 3 rings (SSSR count). The van der Waals surface area contributed by atoms with Crippen LogP contribution < -0.4 is 10.0 Å². The van der Waals surface area contributed by atoms with Crippen LogP contribution in [0.3, 0.4) is 0 Å². The maximum Gasteiger partial charge on any atom is 0.264 e. The van der Waals surface area contributed by atoms with Gasteiger partial charge in [0.2, 0.25) is 10.0 Å². The van der Waals surface area contributed by atoms with Gasteiger partial charge in [-0.05, 0) is 18.2 Å². The second kappa shape index (κ2) is 6.35. The molecule has 2 N–H and O–H groups in total. The summed E-state index contributed by atoms with van der Waals surface area (Å²) in [6.07, 6.45) is -0.284. The Bertz CT molecular complexity index is 927. The van der Waals surface area contributed by atoms with Crippen molar-refractivity contribution < 1.29 is 13.2 Å². The molecule has 1 heterocycles. The van der Waals surface area contributed by atoms with Crippen LogP contribution in [0.25, 0.3) is 0 Å². The molecule has 1 aliphatic heterocycles. The topological polar surface area (TPSA) is 87.6 Å². The number of carbonyl (C=O) groups is 1. The summed E-state index contributed by atoms with van der Waals surface area (Å²) in [5.74, 6) is -0.560. The molecule has 0 saturated carbocycles. The number of nitrogens with zero attached hydrogens (tertiary/aromatic N) is 1. The quantitative estimate of drug-likeness (QED) is 0.874. The third kappa shape index (κ3) is 3.64. The van der Waals surface area contributed by atoms with Crippen molar-refractivity contribution in [1.82, 2.24) is 4.72 Å². The lowest BCUT2D eigenvalue weighted by Crippen LogP contribution is -2.41. The first-order valence-electron chi connectivity index (χ1n) is 7.05. The van der Waals surface area contributed by atoms with Crippen molar-refractivity contribution in [2.24, 2.45) is 4.99 Å². The van der Waals surface area contributed by atoms with E-state index in [1.165, 1.54) is 0 Å². The van der Waals surface area contributed by atoms with E-state index in [0.29, 0.717) is 22.0 Å². The number of nitrogens with one attached hydrogen (secondary N) is 2. The first-order valence-corrected chi connectivity index (χ1v) is 9.32. The standard InChI is InChI=1S/C16H14ClN3O3S/c1-24(22,23)20-15-16(21)18-13-8-7-11(17)9-12(13)14(19-15)10-5-3-2-4-6-10/h2-9,15,20H,1H3,(H,18,21). The average Bonchev–Trinajstić information content (AvgIpc) is 2.64. The lowest BCUT2D eigenvalue weighted by molar-refractivity contribution is -0.117. The van der Waals surface area contributed by atoms with Crippen LogP contribution in [0.15, 0.2) is 53.5 Å². The van der Waals surface area contributed by atoms with Gasteiger partial charge in [0.05, 0.1) is 17.7 Å². The highest BCUT2D eigenvalue weighted by molar-refractivity contribution is 7.88. The van der Waals surface area contributed by atoms with Crippen LogP contribution in [0.1, 0.15) is 11.1 Å². The number of anilines is 1. The first kappa shape index (κ1) is 16.6. The van der Waals surface area contributed by atoms with Crippen LogP contribution >= 0.6 is 11.6 Å². The maximum atomic E-state index is 12.3. The number of sulfonamides is 1. The largest absolute Gasteiger partial charge is 0.322 e. The maximum absolute atomic E-state index is 12.3. The van der Waals surface area contributed by atoms with E-state index in [0.717, 1.165) is 11.8 Å². The number of rotatable bonds is 3.